The van der Waals surface area contributed by atoms with Gasteiger partial charge >= 0.3 is 5.97 Å². The second-order valence-electron chi connectivity index (χ2n) is 6.21. The van der Waals surface area contributed by atoms with Crippen molar-refractivity contribution in [3.8, 4) is 18.1 Å². The Morgan fingerprint density at radius 2 is 1.95 bits per heavy atom. The molecule has 4 heteroatoms. The predicted molar refractivity (Wildman–Crippen MR) is 85.9 cm³/mol. The lowest BCUT2D eigenvalue weighted by Crippen LogP contribution is -2.39. The quantitative estimate of drug-likeness (QED) is 0.619. The van der Waals surface area contributed by atoms with Gasteiger partial charge in [-0.3, -0.25) is 0 Å². The van der Waals surface area contributed by atoms with Gasteiger partial charge in [0.15, 0.2) is 0 Å². The van der Waals surface area contributed by atoms with Crippen molar-refractivity contribution in [2.75, 3.05) is 33.4 Å². The average Bonchev–Trinajstić information content (AvgIpc) is 2.54. The minimum atomic E-state index is -0.288. The van der Waals surface area contributed by atoms with E-state index in [0.29, 0.717) is 17.9 Å². The summed E-state index contributed by atoms with van der Waals surface area (Å²) in [5.41, 5.74) is 0.613. The highest BCUT2D eigenvalue weighted by Crippen LogP contribution is 2.30. The van der Waals surface area contributed by atoms with Crippen molar-refractivity contribution in [2.45, 2.75) is 19.8 Å². The highest BCUT2D eigenvalue weighted by molar-refractivity contribution is 5.89. The van der Waals surface area contributed by atoms with E-state index >= 15 is 0 Å². The number of esters is 1. The number of hydrogen-bond acceptors (Lipinski definition) is 4. The molecule has 1 aliphatic rings. The number of hydrogen-bond donors (Lipinski definition) is 0. The van der Waals surface area contributed by atoms with E-state index in [0.717, 1.165) is 25.9 Å². The van der Waals surface area contributed by atoms with Gasteiger partial charge in [0.25, 0.3) is 0 Å². The molecule has 1 aliphatic heterocycles. The third kappa shape index (κ3) is 4.51. The molecule has 0 aliphatic carbocycles. The molecule has 1 saturated heterocycles. The number of ether oxygens (including phenoxy) is 2. The Morgan fingerprint density at radius 3 is 2.55 bits per heavy atom. The fraction of sp³-hybridized carbons (Fsp3) is 0.500. The van der Waals surface area contributed by atoms with Gasteiger partial charge in [-0.2, -0.15) is 0 Å². The molecular formula is C18H23NO3. The van der Waals surface area contributed by atoms with Crippen LogP contribution in [0.4, 0.5) is 0 Å². The maximum Gasteiger partial charge on any atom is 0.338 e. The summed E-state index contributed by atoms with van der Waals surface area (Å²) in [6.07, 6.45) is 7.24. The van der Waals surface area contributed by atoms with E-state index in [9.17, 15) is 4.79 Å². The Morgan fingerprint density at radius 1 is 1.32 bits per heavy atom. The molecule has 0 atom stereocenters. The number of carbonyl (C=O) groups excluding carboxylic acids is 1. The van der Waals surface area contributed by atoms with Crippen LogP contribution in [0.25, 0.3) is 0 Å². The second-order valence-corrected chi connectivity index (χ2v) is 6.21. The Bertz CT molecular complexity index is 536. The molecule has 0 aromatic heterocycles. The van der Waals surface area contributed by atoms with Crippen LogP contribution in [0.3, 0.4) is 0 Å². The van der Waals surface area contributed by atoms with Crippen molar-refractivity contribution in [3.05, 3.63) is 29.8 Å². The SMILES string of the molecule is C#CCOc1ccc(C(=O)OCC2(C)CCN(C)CC2)cc1. The van der Waals surface area contributed by atoms with Crippen LogP contribution in [0.15, 0.2) is 24.3 Å². The molecule has 0 N–H and O–H groups in total. The summed E-state index contributed by atoms with van der Waals surface area (Å²) in [4.78, 5) is 14.4. The van der Waals surface area contributed by atoms with Crippen molar-refractivity contribution in [1.82, 2.24) is 4.90 Å². The van der Waals surface area contributed by atoms with Crippen molar-refractivity contribution in [2.24, 2.45) is 5.41 Å². The Labute approximate surface area is 132 Å². The summed E-state index contributed by atoms with van der Waals surface area (Å²) in [5, 5.41) is 0. The van der Waals surface area contributed by atoms with Crippen LogP contribution in [0.1, 0.15) is 30.1 Å². The van der Waals surface area contributed by atoms with E-state index in [2.05, 4.69) is 24.8 Å². The second kappa shape index (κ2) is 7.33. The Kier molecular flexibility index (Phi) is 5.46. The molecule has 1 fully saturated rings. The third-order valence-electron chi connectivity index (χ3n) is 4.16. The van der Waals surface area contributed by atoms with Crippen molar-refractivity contribution in [3.63, 3.8) is 0 Å². The predicted octanol–water partition coefficient (Wildman–Crippen LogP) is 2.59. The van der Waals surface area contributed by atoms with Gasteiger partial charge in [-0.15, -0.1) is 6.42 Å². The van der Waals surface area contributed by atoms with Crippen LogP contribution >= 0.6 is 0 Å². The van der Waals surface area contributed by atoms with Gasteiger partial charge in [0, 0.05) is 5.41 Å². The first-order valence-corrected chi connectivity index (χ1v) is 7.54. The van der Waals surface area contributed by atoms with Crippen LogP contribution in [-0.2, 0) is 4.74 Å². The van der Waals surface area contributed by atoms with Crippen LogP contribution in [0.5, 0.6) is 5.75 Å². The maximum absolute atomic E-state index is 12.1. The molecule has 0 saturated carbocycles. The van der Waals surface area contributed by atoms with E-state index in [1.54, 1.807) is 24.3 Å². The van der Waals surface area contributed by atoms with Crippen molar-refractivity contribution >= 4 is 5.97 Å². The Hall–Kier alpha value is -1.99. The zero-order valence-electron chi connectivity index (χ0n) is 13.3. The van der Waals surface area contributed by atoms with Crippen molar-refractivity contribution < 1.29 is 14.3 Å². The number of nitrogens with zero attached hydrogens (tertiary/aromatic N) is 1. The lowest BCUT2D eigenvalue weighted by molar-refractivity contribution is 0.0156. The summed E-state index contributed by atoms with van der Waals surface area (Å²) in [6, 6.07) is 6.85. The molecular weight excluding hydrogens is 278 g/mol. The minimum Gasteiger partial charge on any atom is -0.481 e. The van der Waals surface area contributed by atoms with Gasteiger partial charge in [-0.1, -0.05) is 12.8 Å². The average molecular weight is 301 g/mol. The smallest absolute Gasteiger partial charge is 0.338 e. The lowest BCUT2D eigenvalue weighted by atomic mass is 9.81. The van der Waals surface area contributed by atoms with Gasteiger partial charge in [-0.05, 0) is 57.2 Å². The van der Waals surface area contributed by atoms with Gasteiger partial charge in [0.05, 0.1) is 12.2 Å². The number of likely N-dealkylation sites (tertiary alicyclic amines) is 1. The molecule has 1 heterocycles. The van der Waals surface area contributed by atoms with E-state index in [4.69, 9.17) is 15.9 Å². The number of piperidine rings is 1. The van der Waals surface area contributed by atoms with Gasteiger partial charge in [0.1, 0.15) is 12.4 Å². The van der Waals surface area contributed by atoms with E-state index < -0.39 is 0 Å². The summed E-state index contributed by atoms with van der Waals surface area (Å²) >= 11 is 0. The maximum atomic E-state index is 12.1. The zero-order chi connectivity index (χ0) is 16.0. The first-order chi connectivity index (χ1) is 10.5. The molecule has 1 aromatic carbocycles. The monoisotopic (exact) mass is 301 g/mol. The van der Waals surface area contributed by atoms with Crippen molar-refractivity contribution in [1.29, 1.82) is 0 Å². The standard InChI is InChI=1S/C18H23NO3/c1-4-13-21-16-7-5-15(6-8-16)17(20)22-14-18(2)9-11-19(3)12-10-18/h1,5-8H,9-14H2,2-3H3. The number of carbonyl (C=O) groups is 1. The summed E-state index contributed by atoms with van der Waals surface area (Å²) < 4.78 is 10.8. The molecule has 118 valence electrons. The summed E-state index contributed by atoms with van der Waals surface area (Å²) in [6.45, 7) is 4.97. The number of benzene rings is 1. The van der Waals surface area contributed by atoms with E-state index in [1.807, 2.05) is 0 Å². The molecule has 0 radical (unpaired) electrons. The van der Waals surface area contributed by atoms with Crippen LogP contribution in [0, 0.1) is 17.8 Å². The van der Waals surface area contributed by atoms with Gasteiger partial charge < -0.3 is 14.4 Å². The first-order valence-electron chi connectivity index (χ1n) is 7.54. The van der Waals surface area contributed by atoms with Gasteiger partial charge in [-0.25, -0.2) is 4.79 Å². The van der Waals surface area contributed by atoms with Gasteiger partial charge in [0.2, 0.25) is 0 Å². The molecule has 0 spiro atoms. The van der Waals surface area contributed by atoms with Crippen LogP contribution in [0.2, 0.25) is 0 Å². The fourth-order valence-electron chi connectivity index (χ4n) is 2.44. The molecule has 0 bridgehead atoms. The fourth-order valence-corrected chi connectivity index (χ4v) is 2.44. The molecule has 4 nitrogen and oxygen atoms in total. The van der Waals surface area contributed by atoms with E-state index in [1.165, 1.54) is 0 Å². The molecule has 0 amide bonds. The largest absolute Gasteiger partial charge is 0.481 e. The minimum absolute atomic E-state index is 0.0814. The van der Waals surface area contributed by atoms with Crippen LogP contribution < -0.4 is 4.74 Å². The normalized spacial score (nSPS) is 17.5. The number of rotatable bonds is 5. The lowest BCUT2D eigenvalue weighted by Gasteiger charge is -2.37. The molecule has 0 unspecified atom stereocenters. The number of terminal acetylenes is 1. The first kappa shape index (κ1) is 16.4. The third-order valence-corrected chi connectivity index (χ3v) is 4.16. The molecule has 22 heavy (non-hydrogen) atoms. The molecule has 1 aromatic rings. The van der Waals surface area contributed by atoms with Crippen LogP contribution in [-0.4, -0.2) is 44.2 Å². The topological polar surface area (TPSA) is 38.8 Å². The highest BCUT2D eigenvalue weighted by atomic mass is 16.5. The highest BCUT2D eigenvalue weighted by Gasteiger charge is 2.30. The molecule has 2 rings (SSSR count). The summed E-state index contributed by atoms with van der Waals surface area (Å²) in [5.74, 6) is 2.76. The zero-order valence-corrected chi connectivity index (χ0v) is 13.3. The van der Waals surface area contributed by atoms with E-state index in [-0.39, 0.29) is 18.0 Å². The summed E-state index contributed by atoms with van der Waals surface area (Å²) in [7, 11) is 2.12. The Balaban J connectivity index is 1.85.